The Labute approximate surface area is 135 Å². The van der Waals surface area contributed by atoms with Crippen LogP contribution in [0.15, 0.2) is 29.1 Å². The number of aliphatic carboxylic acids is 1. The van der Waals surface area contributed by atoms with Gasteiger partial charge in [0.2, 0.25) is 5.56 Å². The number of fused-ring (bicyclic) bond motifs is 1. The van der Waals surface area contributed by atoms with E-state index in [1.807, 2.05) is 0 Å². The van der Waals surface area contributed by atoms with Crippen molar-refractivity contribution in [3.63, 3.8) is 0 Å². The molecular weight excluding hydrogens is 318 g/mol. The molecule has 0 atom stereocenters. The molecule has 0 unspecified atom stereocenters. The monoisotopic (exact) mass is 333 g/mol. The number of carboxylic acids is 1. The molecule has 9 heteroatoms. The number of nitro benzene ring substituents is 1. The number of carboxylic acid groups (broad SMARTS) is 1. The third-order valence-electron chi connectivity index (χ3n) is 3.50. The molecule has 0 saturated carbocycles. The second-order valence-electron chi connectivity index (χ2n) is 5.26. The van der Waals surface area contributed by atoms with E-state index in [0.717, 1.165) is 6.07 Å². The Balaban J connectivity index is 2.40. The van der Waals surface area contributed by atoms with Gasteiger partial charge in [0.05, 0.1) is 10.5 Å². The molecule has 0 aliphatic rings. The van der Waals surface area contributed by atoms with Gasteiger partial charge in [-0.2, -0.15) is 0 Å². The van der Waals surface area contributed by atoms with E-state index >= 15 is 0 Å². The second kappa shape index (κ2) is 6.90. The summed E-state index contributed by atoms with van der Waals surface area (Å²) in [7, 11) is 1.48. The van der Waals surface area contributed by atoms with Gasteiger partial charge in [0.15, 0.2) is 0 Å². The largest absolute Gasteiger partial charge is 0.481 e. The molecule has 0 bridgehead atoms. The Morgan fingerprint density at radius 3 is 2.67 bits per heavy atom. The van der Waals surface area contributed by atoms with Crippen LogP contribution in [0.4, 0.5) is 5.69 Å². The minimum Gasteiger partial charge on any atom is -0.481 e. The highest BCUT2D eigenvalue weighted by molar-refractivity contribution is 6.06. The van der Waals surface area contributed by atoms with E-state index in [2.05, 4.69) is 4.98 Å². The Hall–Kier alpha value is -3.23. The van der Waals surface area contributed by atoms with Crippen molar-refractivity contribution >= 4 is 28.5 Å². The molecule has 0 radical (unpaired) electrons. The molecule has 2 aromatic rings. The summed E-state index contributed by atoms with van der Waals surface area (Å²) in [5.41, 5.74) is -0.346. The van der Waals surface area contributed by atoms with Gasteiger partial charge in [0.25, 0.3) is 11.6 Å². The van der Waals surface area contributed by atoms with Crippen LogP contribution in [0.5, 0.6) is 0 Å². The standard InChI is InChI=1S/C15H15N3O6/c1-17(6-2-3-14(20)21)15(22)11-8-13(19)16-12-5-4-9(18(23)24)7-10(11)12/h4-5,7-8H,2-3,6H2,1H3,(H,16,19)(H,20,21). The van der Waals surface area contributed by atoms with Crippen molar-refractivity contribution in [2.75, 3.05) is 13.6 Å². The lowest BCUT2D eigenvalue weighted by Gasteiger charge is -2.17. The molecule has 0 spiro atoms. The number of H-pyrrole nitrogens is 1. The number of hydrogen-bond donors (Lipinski definition) is 2. The number of nitro groups is 1. The number of aromatic nitrogens is 1. The molecule has 0 aliphatic carbocycles. The van der Waals surface area contributed by atoms with E-state index in [9.17, 15) is 24.5 Å². The number of nitrogens with zero attached hydrogens (tertiary/aromatic N) is 2. The maximum absolute atomic E-state index is 12.5. The van der Waals surface area contributed by atoms with Crippen LogP contribution in [0.2, 0.25) is 0 Å². The van der Waals surface area contributed by atoms with Crippen molar-refractivity contribution in [3.8, 4) is 0 Å². The summed E-state index contributed by atoms with van der Waals surface area (Å²) in [4.78, 5) is 48.9. The molecule has 1 aromatic heterocycles. The minimum atomic E-state index is -0.965. The molecular formula is C15H15N3O6. The fourth-order valence-electron chi connectivity index (χ4n) is 2.31. The summed E-state index contributed by atoms with van der Waals surface area (Å²) in [5.74, 6) is -1.47. The highest BCUT2D eigenvalue weighted by atomic mass is 16.6. The summed E-state index contributed by atoms with van der Waals surface area (Å²) in [6.45, 7) is 0.189. The Morgan fingerprint density at radius 1 is 1.33 bits per heavy atom. The summed E-state index contributed by atoms with van der Waals surface area (Å²) in [6.07, 6.45) is 0.179. The fourth-order valence-corrected chi connectivity index (χ4v) is 2.31. The molecule has 0 saturated heterocycles. The topological polar surface area (TPSA) is 134 Å². The number of nitrogens with one attached hydrogen (secondary N) is 1. The lowest BCUT2D eigenvalue weighted by Crippen LogP contribution is -2.29. The van der Waals surface area contributed by atoms with Crippen molar-refractivity contribution < 1.29 is 19.6 Å². The molecule has 2 N–H and O–H groups in total. The van der Waals surface area contributed by atoms with E-state index in [4.69, 9.17) is 5.11 Å². The molecule has 0 aliphatic heterocycles. The minimum absolute atomic E-state index is 0.0373. The number of non-ortho nitro benzene ring substituents is 1. The zero-order valence-electron chi connectivity index (χ0n) is 12.8. The van der Waals surface area contributed by atoms with E-state index in [-0.39, 0.29) is 36.0 Å². The third-order valence-corrected chi connectivity index (χ3v) is 3.50. The molecule has 1 heterocycles. The van der Waals surface area contributed by atoms with Crippen LogP contribution >= 0.6 is 0 Å². The average molecular weight is 333 g/mol. The van der Waals surface area contributed by atoms with Crippen molar-refractivity contribution in [3.05, 3.63) is 50.3 Å². The normalized spacial score (nSPS) is 10.5. The predicted molar refractivity (Wildman–Crippen MR) is 85.1 cm³/mol. The molecule has 0 fully saturated rings. The van der Waals surface area contributed by atoms with E-state index in [1.54, 1.807) is 0 Å². The van der Waals surface area contributed by atoms with Gasteiger partial charge in [-0.3, -0.25) is 24.5 Å². The van der Waals surface area contributed by atoms with Crippen LogP contribution < -0.4 is 5.56 Å². The first-order valence-corrected chi connectivity index (χ1v) is 7.08. The lowest BCUT2D eigenvalue weighted by atomic mass is 10.1. The van der Waals surface area contributed by atoms with Gasteiger partial charge in [-0.05, 0) is 12.5 Å². The van der Waals surface area contributed by atoms with Crippen molar-refractivity contribution in [1.29, 1.82) is 0 Å². The number of aromatic amines is 1. The van der Waals surface area contributed by atoms with Gasteiger partial charge in [-0.15, -0.1) is 0 Å². The number of carbonyl (C=O) groups excluding carboxylic acids is 1. The average Bonchev–Trinajstić information content (AvgIpc) is 2.52. The van der Waals surface area contributed by atoms with Crippen LogP contribution in [0.25, 0.3) is 10.9 Å². The molecule has 126 valence electrons. The van der Waals surface area contributed by atoms with Crippen molar-refractivity contribution in [2.24, 2.45) is 0 Å². The molecule has 2 rings (SSSR count). The van der Waals surface area contributed by atoms with Crippen molar-refractivity contribution in [2.45, 2.75) is 12.8 Å². The van der Waals surface area contributed by atoms with Gasteiger partial charge in [-0.1, -0.05) is 0 Å². The Bertz CT molecular complexity index is 873. The molecule has 1 aromatic carbocycles. The molecule has 9 nitrogen and oxygen atoms in total. The van der Waals surface area contributed by atoms with E-state index in [1.165, 1.54) is 30.1 Å². The highest BCUT2D eigenvalue weighted by Gasteiger charge is 2.18. The summed E-state index contributed by atoms with van der Waals surface area (Å²) in [6, 6.07) is 4.92. The Morgan fingerprint density at radius 2 is 2.04 bits per heavy atom. The number of pyridine rings is 1. The highest BCUT2D eigenvalue weighted by Crippen LogP contribution is 2.22. The summed E-state index contributed by atoms with van der Waals surface area (Å²) in [5, 5.41) is 19.8. The number of rotatable bonds is 6. The molecule has 24 heavy (non-hydrogen) atoms. The first kappa shape index (κ1) is 17.1. The second-order valence-corrected chi connectivity index (χ2v) is 5.26. The van der Waals surface area contributed by atoms with Gasteiger partial charge in [0, 0.05) is 49.1 Å². The number of benzene rings is 1. The first-order valence-electron chi connectivity index (χ1n) is 7.08. The summed E-state index contributed by atoms with van der Waals surface area (Å²) >= 11 is 0. The van der Waals surface area contributed by atoms with Gasteiger partial charge < -0.3 is 15.0 Å². The number of hydrogen-bond acceptors (Lipinski definition) is 5. The summed E-state index contributed by atoms with van der Waals surface area (Å²) < 4.78 is 0. The van der Waals surface area contributed by atoms with Crippen LogP contribution in [-0.2, 0) is 4.79 Å². The number of carbonyl (C=O) groups is 2. The SMILES string of the molecule is CN(CCCC(=O)O)C(=O)c1cc(=O)[nH]c2ccc([N+](=O)[O-])cc12. The van der Waals surface area contributed by atoms with E-state index in [0.29, 0.717) is 5.52 Å². The maximum Gasteiger partial charge on any atom is 0.303 e. The smallest absolute Gasteiger partial charge is 0.303 e. The zero-order valence-corrected chi connectivity index (χ0v) is 12.8. The van der Waals surface area contributed by atoms with Crippen LogP contribution in [0.3, 0.4) is 0 Å². The van der Waals surface area contributed by atoms with Crippen LogP contribution in [0, 0.1) is 10.1 Å². The van der Waals surface area contributed by atoms with E-state index < -0.39 is 22.4 Å². The quantitative estimate of drug-likeness (QED) is 0.606. The fraction of sp³-hybridized carbons (Fsp3) is 0.267. The van der Waals surface area contributed by atoms with Crippen LogP contribution in [0.1, 0.15) is 23.2 Å². The Kier molecular flexibility index (Phi) is 4.93. The predicted octanol–water partition coefficient (Wildman–Crippen LogP) is 1.37. The van der Waals surface area contributed by atoms with Crippen LogP contribution in [-0.4, -0.2) is 45.4 Å². The van der Waals surface area contributed by atoms with Gasteiger partial charge in [-0.25, -0.2) is 0 Å². The first-order chi connectivity index (χ1) is 11.3. The molecule has 1 amide bonds. The zero-order chi connectivity index (χ0) is 17.9. The van der Waals surface area contributed by atoms with Gasteiger partial charge in [0.1, 0.15) is 0 Å². The lowest BCUT2D eigenvalue weighted by molar-refractivity contribution is -0.384. The number of amides is 1. The van der Waals surface area contributed by atoms with Crippen molar-refractivity contribution in [1.82, 2.24) is 9.88 Å². The maximum atomic E-state index is 12.5. The third kappa shape index (κ3) is 3.75. The van der Waals surface area contributed by atoms with Gasteiger partial charge >= 0.3 is 5.97 Å².